The average Bonchev–Trinajstić information content (AvgIpc) is 3.15. The lowest BCUT2D eigenvalue weighted by atomic mass is 9.79. The Labute approximate surface area is 324 Å². The van der Waals surface area contributed by atoms with Crippen molar-refractivity contribution in [3.8, 4) is 11.1 Å². The maximum absolute atomic E-state index is 14.2. The number of ether oxygens (including phenoxy) is 1. The fraction of sp³-hybridized carbons (Fsp3) is 0.326. The minimum Gasteiger partial charge on any atom is -0.463 e. The number of hydrogen-bond donors (Lipinski definition) is 3. The Balaban J connectivity index is 1.68. The molecule has 0 aliphatic carbocycles. The maximum atomic E-state index is 14.2. The van der Waals surface area contributed by atoms with E-state index in [2.05, 4.69) is 16.0 Å². The van der Waals surface area contributed by atoms with Crippen molar-refractivity contribution in [1.29, 1.82) is 0 Å². The lowest BCUT2D eigenvalue weighted by molar-refractivity contribution is -0.150. The molecule has 4 aromatic rings. The Morgan fingerprint density at radius 1 is 0.696 bits per heavy atom. The van der Waals surface area contributed by atoms with E-state index in [0.29, 0.717) is 22.3 Å². The molecule has 4 amide bonds. The molecule has 4 aromatic carbocycles. The quantitative estimate of drug-likeness (QED) is 0.0867. The third-order valence-corrected chi connectivity index (χ3v) is 9.12. The van der Waals surface area contributed by atoms with E-state index in [1.807, 2.05) is 27.7 Å². The number of rotatable bonds is 15. The van der Waals surface area contributed by atoms with Gasteiger partial charge in [-0.1, -0.05) is 66.7 Å². The third-order valence-electron chi connectivity index (χ3n) is 9.12. The molecule has 0 fully saturated rings. The molecule has 10 nitrogen and oxygen atoms in total. The number of carbonyl (C=O) groups is 5. The minimum atomic E-state index is -4.52. The van der Waals surface area contributed by atoms with Crippen LogP contribution in [0, 0.1) is 0 Å². The normalized spacial score (nSPS) is 11.6. The highest BCUT2D eigenvalue weighted by molar-refractivity contribution is 6.12. The third kappa shape index (κ3) is 9.81. The van der Waals surface area contributed by atoms with Crippen LogP contribution in [0.25, 0.3) is 11.1 Å². The summed E-state index contributed by atoms with van der Waals surface area (Å²) in [7, 11) is 0. The van der Waals surface area contributed by atoms with Crippen LogP contribution in [0.1, 0.15) is 78.9 Å². The highest BCUT2D eigenvalue weighted by Gasteiger charge is 2.48. The molecule has 0 atom stereocenters. The topological polar surface area (TPSA) is 134 Å². The predicted molar refractivity (Wildman–Crippen MR) is 208 cm³/mol. The largest absolute Gasteiger partial charge is 0.463 e. The highest BCUT2D eigenvalue weighted by Crippen LogP contribution is 2.33. The van der Waals surface area contributed by atoms with Gasteiger partial charge in [0.15, 0.2) is 5.41 Å². The first-order chi connectivity index (χ1) is 26.5. The summed E-state index contributed by atoms with van der Waals surface area (Å²) in [5.41, 5.74) is -0.875. The number of esters is 1. The van der Waals surface area contributed by atoms with Gasteiger partial charge in [-0.25, -0.2) is 0 Å². The van der Waals surface area contributed by atoms with Crippen LogP contribution in [0.15, 0.2) is 97.1 Å². The second kappa shape index (κ2) is 18.6. The summed E-state index contributed by atoms with van der Waals surface area (Å²) in [5.74, 6) is -3.09. The van der Waals surface area contributed by atoms with Gasteiger partial charge in [0.1, 0.15) is 6.61 Å². The van der Waals surface area contributed by atoms with Crippen molar-refractivity contribution in [2.45, 2.75) is 71.6 Å². The van der Waals surface area contributed by atoms with Gasteiger partial charge in [0.25, 0.3) is 11.8 Å². The molecule has 0 unspecified atom stereocenters. The first-order valence-corrected chi connectivity index (χ1v) is 18.4. The smallest absolute Gasteiger partial charge is 0.416 e. The molecule has 3 N–H and O–H groups in total. The number of carbonyl (C=O) groups excluding carboxylic acids is 5. The molecule has 0 saturated carbocycles. The van der Waals surface area contributed by atoms with E-state index in [-0.39, 0.29) is 48.4 Å². The molecule has 0 radical (unpaired) electrons. The first kappa shape index (κ1) is 42.8. The molecule has 13 heteroatoms. The number of hydrogen-bond acceptors (Lipinski definition) is 6. The van der Waals surface area contributed by atoms with Gasteiger partial charge in [-0.05, 0) is 94.1 Å². The Hall–Kier alpha value is -5.98. The number of benzene rings is 4. The summed E-state index contributed by atoms with van der Waals surface area (Å²) in [5, 5.41) is 8.19. The molecular weight excluding hydrogens is 725 g/mol. The van der Waals surface area contributed by atoms with Gasteiger partial charge in [-0.3, -0.25) is 24.0 Å². The summed E-state index contributed by atoms with van der Waals surface area (Å²) in [6.07, 6.45) is -4.87. The SMILES string of the molecule is CCNC(=O)C(COC(=O)Cc1ccc(NC(=O)c2ccccc2-c2ccc(C(F)(F)F)cc2)c(C(=O)N(C(C)C)C(C)C)c1)(C(=O)NCC)c1ccccc1. The van der Waals surface area contributed by atoms with Crippen LogP contribution in [-0.4, -0.2) is 66.3 Å². The first-order valence-electron chi connectivity index (χ1n) is 18.4. The Morgan fingerprint density at radius 3 is 1.82 bits per heavy atom. The van der Waals surface area contributed by atoms with E-state index in [9.17, 15) is 37.1 Å². The zero-order valence-electron chi connectivity index (χ0n) is 32.3. The van der Waals surface area contributed by atoms with E-state index >= 15 is 0 Å². The van der Waals surface area contributed by atoms with E-state index in [1.54, 1.807) is 73.3 Å². The number of halogens is 3. The number of anilines is 1. The number of likely N-dealkylation sites (N-methyl/N-ethyl adjacent to an activating group) is 2. The molecule has 0 spiro atoms. The standard InChI is InChI=1S/C43H47F3N4O6/c1-7-47-40(54)42(41(55)48-8-2,31-14-10-9-11-15-31)26-56-37(51)25-29-18-23-36(35(24-29)39(53)50(27(3)4)28(5)6)49-38(52)34-17-13-12-16-33(34)30-19-21-32(22-20-30)43(44,45)46/h9-24,27-28H,7-8,25-26H2,1-6H3,(H,47,54)(H,48,55)(H,49,52). The van der Waals surface area contributed by atoms with Crippen LogP contribution in [0.2, 0.25) is 0 Å². The Morgan fingerprint density at radius 2 is 1.27 bits per heavy atom. The van der Waals surface area contributed by atoms with Crippen LogP contribution < -0.4 is 16.0 Å². The number of alkyl halides is 3. The molecule has 0 bridgehead atoms. The summed E-state index contributed by atoms with van der Waals surface area (Å²) in [6.45, 7) is 10.7. The minimum absolute atomic E-state index is 0.0846. The van der Waals surface area contributed by atoms with Crippen molar-refractivity contribution in [2.24, 2.45) is 0 Å². The molecule has 56 heavy (non-hydrogen) atoms. The molecule has 0 heterocycles. The summed E-state index contributed by atoms with van der Waals surface area (Å²) in [4.78, 5) is 70.2. The fourth-order valence-corrected chi connectivity index (χ4v) is 6.48. The van der Waals surface area contributed by atoms with E-state index in [4.69, 9.17) is 4.74 Å². The molecule has 0 aromatic heterocycles. The van der Waals surface area contributed by atoms with Crippen LogP contribution in [0.4, 0.5) is 18.9 Å². The zero-order chi connectivity index (χ0) is 41.2. The maximum Gasteiger partial charge on any atom is 0.416 e. The van der Waals surface area contributed by atoms with E-state index in [0.717, 1.165) is 12.1 Å². The van der Waals surface area contributed by atoms with Crippen LogP contribution in [-0.2, 0) is 37.1 Å². The number of amides is 4. The summed E-state index contributed by atoms with van der Waals surface area (Å²) >= 11 is 0. The van der Waals surface area contributed by atoms with Gasteiger partial charge < -0.3 is 25.6 Å². The fourth-order valence-electron chi connectivity index (χ4n) is 6.48. The van der Waals surface area contributed by atoms with Crippen molar-refractivity contribution in [3.63, 3.8) is 0 Å². The van der Waals surface area contributed by atoms with Crippen LogP contribution in [0.3, 0.4) is 0 Å². The van der Waals surface area contributed by atoms with Crippen molar-refractivity contribution < 1.29 is 41.9 Å². The van der Waals surface area contributed by atoms with Crippen molar-refractivity contribution in [3.05, 3.63) is 125 Å². The molecule has 4 rings (SSSR count). The van der Waals surface area contributed by atoms with Gasteiger partial charge in [-0.2, -0.15) is 13.2 Å². The number of nitrogens with zero attached hydrogens (tertiary/aromatic N) is 1. The van der Waals surface area contributed by atoms with Crippen LogP contribution in [0.5, 0.6) is 0 Å². The lowest BCUT2D eigenvalue weighted by Gasteiger charge is -2.32. The van der Waals surface area contributed by atoms with Crippen LogP contribution >= 0.6 is 0 Å². The van der Waals surface area contributed by atoms with Gasteiger partial charge in [0.2, 0.25) is 11.8 Å². The highest BCUT2D eigenvalue weighted by atomic mass is 19.4. The lowest BCUT2D eigenvalue weighted by Crippen LogP contribution is -2.57. The van der Waals surface area contributed by atoms with E-state index < -0.39 is 53.4 Å². The number of nitrogens with one attached hydrogen (secondary N) is 3. The second-order valence-electron chi connectivity index (χ2n) is 13.7. The van der Waals surface area contributed by atoms with Gasteiger partial charge in [0, 0.05) is 30.7 Å². The predicted octanol–water partition coefficient (Wildman–Crippen LogP) is 7.18. The molecular formula is C43H47F3N4O6. The summed E-state index contributed by atoms with van der Waals surface area (Å²) < 4.78 is 45.4. The molecule has 0 aliphatic rings. The monoisotopic (exact) mass is 772 g/mol. The van der Waals surface area contributed by atoms with Crippen molar-refractivity contribution >= 4 is 35.3 Å². The molecule has 0 saturated heterocycles. The molecule has 296 valence electrons. The van der Waals surface area contributed by atoms with E-state index in [1.165, 1.54) is 30.3 Å². The Bertz CT molecular complexity index is 2010. The van der Waals surface area contributed by atoms with Gasteiger partial charge >= 0.3 is 12.1 Å². The van der Waals surface area contributed by atoms with Gasteiger partial charge in [-0.15, -0.1) is 0 Å². The second-order valence-corrected chi connectivity index (χ2v) is 13.7. The Kier molecular flexibility index (Phi) is 14.2. The summed E-state index contributed by atoms with van der Waals surface area (Å²) in [6, 6.07) is 23.2. The zero-order valence-corrected chi connectivity index (χ0v) is 32.3. The van der Waals surface area contributed by atoms with Crippen molar-refractivity contribution in [1.82, 2.24) is 15.5 Å². The van der Waals surface area contributed by atoms with Crippen molar-refractivity contribution in [2.75, 3.05) is 25.0 Å². The average molecular weight is 773 g/mol. The molecule has 0 aliphatic heterocycles. The van der Waals surface area contributed by atoms with Gasteiger partial charge in [0.05, 0.1) is 23.2 Å².